The maximum Gasteiger partial charge on any atom is 0.0435 e. The molecule has 1 aliphatic carbocycles. The summed E-state index contributed by atoms with van der Waals surface area (Å²) < 4.78 is 0. The van der Waals surface area contributed by atoms with Gasteiger partial charge in [0.15, 0.2) is 0 Å². The lowest BCUT2D eigenvalue weighted by atomic mass is 9.74. The minimum Gasteiger partial charge on any atom is -0.0683 e. The summed E-state index contributed by atoms with van der Waals surface area (Å²) in [6.45, 7) is 8.49. The van der Waals surface area contributed by atoms with E-state index in [-0.39, 0.29) is 5.41 Å². The molecule has 0 saturated carbocycles. The van der Waals surface area contributed by atoms with Gasteiger partial charge in [-0.1, -0.05) is 92.2 Å². The van der Waals surface area contributed by atoms with Gasteiger partial charge < -0.3 is 0 Å². The SMILES string of the molecule is CC.Cc1ccc(C2(C)c3ccccc3-c3ccccc32)cc1. The van der Waals surface area contributed by atoms with Gasteiger partial charge in [-0.15, -0.1) is 0 Å². The molecular formula is C23H24. The Hall–Kier alpha value is -2.34. The maximum atomic E-state index is 2.35. The summed E-state index contributed by atoms with van der Waals surface area (Å²) in [7, 11) is 0. The van der Waals surface area contributed by atoms with Crippen molar-refractivity contribution in [2.24, 2.45) is 0 Å². The summed E-state index contributed by atoms with van der Waals surface area (Å²) >= 11 is 0. The lowest BCUT2D eigenvalue weighted by Crippen LogP contribution is -2.22. The molecule has 0 amide bonds. The summed E-state index contributed by atoms with van der Waals surface area (Å²) in [6.07, 6.45) is 0. The van der Waals surface area contributed by atoms with Crippen LogP contribution in [-0.4, -0.2) is 0 Å². The van der Waals surface area contributed by atoms with Crippen LogP contribution in [-0.2, 0) is 5.41 Å². The van der Waals surface area contributed by atoms with Crippen molar-refractivity contribution < 1.29 is 0 Å². The van der Waals surface area contributed by atoms with Crippen molar-refractivity contribution in [3.8, 4) is 11.1 Å². The third-order valence-electron chi connectivity index (χ3n) is 4.85. The minimum atomic E-state index is -0.0547. The predicted molar refractivity (Wildman–Crippen MR) is 100.0 cm³/mol. The van der Waals surface area contributed by atoms with E-state index >= 15 is 0 Å². The van der Waals surface area contributed by atoms with Gasteiger partial charge in [-0.3, -0.25) is 0 Å². The Balaban J connectivity index is 0.000000753. The summed E-state index contributed by atoms with van der Waals surface area (Å²) in [5.41, 5.74) is 8.19. The zero-order valence-corrected chi connectivity index (χ0v) is 14.4. The number of benzene rings is 3. The Morgan fingerprint density at radius 3 is 1.52 bits per heavy atom. The van der Waals surface area contributed by atoms with Crippen molar-refractivity contribution in [2.75, 3.05) is 0 Å². The second kappa shape index (κ2) is 6.04. The zero-order chi connectivity index (χ0) is 16.4. The van der Waals surface area contributed by atoms with E-state index in [0.29, 0.717) is 0 Å². The molecule has 0 nitrogen and oxygen atoms in total. The van der Waals surface area contributed by atoms with Gasteiger partial charge in [-0.2, -0.15) is 0 Å². The van der Waals surface area contributed by atoms with Crippen LogP contribution in [0.5, 0.6) is 0 Å². The van der Waals surface area contributed by atoms with Crippen LogP contribution in [0.4, 0.5) is 0 Å². The number of fused-ring (bicyclic) bond motifs is 3. The van der Waals surface area contributed by atoms with Crippen LogP contribution in [0, 0.1) is 6.92 Å². The van der Waals surface area contributed by atoms with Crippen LogP contribution >= 0.6 is 0 Å². The molecule has 23 heavy (non-hydrogen) atoms. The normalized spacial score (nSPS) is 13.6. The second-order valence-electron chi connectivity index (χ2n) is 6.08. The topological polar surface area (TPSA) is 0 Å². The summed E-state index contributed by atoms with van der Waals surface area (Å²) in [5.74, 6) is 0. The molecule has 0 heteroatoms. The first-order valence-electron chi connectivity index (χ1n) is 8.48. The number of aryl methyl sites for hydroxylation is 1. The van der Waals surface area contributed by atoms with E-state index in [1.807, 2.05) is 13.8 Å². The highest BCUT2D eigenvalue weighted by molar-refractivity contribution is 5.83. The van der Waals surface area contributed by atoms with E-state index in [2.05, 4.69) is 86.6 Å². The Labute approximate surface area is 139 Å². The van der Waals surface area contributed by atoms with E-state index in [0.717, 1.165) is 0 Å². The molecule has 0 aromatic heterocycles. The van der Waals surface area contributed by atoms with Crippen LogP contribution < -0.4 is 0 Å². The van der Waals surface area contributed by atoms with Crippen molar-refractivity contribution in [1.29, 1.82) is 0 Å². The molecule has 0 fully saturated rings. The largest absolute Gasteiger partial charge is 0.0683 e. The lowest BCUT2D eigenvalue weighted by Gasteiger charge is -2.28. The zero-order valence-electron chi connectivity index (χ0n) is 14.4. The van der Waals surface area contributed by atoms with Gasteiger partial charge in [0, 0.05) is 5.41 Å². The third-order valence-corrected chi connectivity index (χ3v) is 4.85. The quantitative estimate of drug-likeness (QED) is 0.491. The molecule has 1 aliphatic rings. The molecule has 116 valence electrons. The second-order valence-corrected chi connectivity index (χ2v) is 6.08. The fraction of sp³-hybridized carbons (Fsp3) is 0.217. The first-order chi connectivity index (χ1) is 11.2. The minimum absolute atomic E-state index is 0.0547. The molecular weight excluding hydrogens is 276 g/mol. The fourth-order valence-corrected chi connectivity index (χ4v) is 3.65. The van der Waals surface area contributed by atoms with Gasteiger partial charge in [0.05, 0.1) is 0 Å². The Morgan fingerprint density at radius 1 is 0.609 bits per heavy atom. The van der Waals surface area contributed by atoms with E-state index < -0.39 is 0 Å². The van der Waals surface area contributed by atoms with Crippen molar-refractivity contribution in [3.63, 3.8) is 0 Å². The molecule has 0 atom stereocenters. The highest BCUT2D eigenvalue weighted by Gasteiger charge is 2.40. The monoisotopic (exact) mass is 300 g/mol. The van der Waals surface area contributed by atoms with Gasteiger partial charge in [0.1, 0.15) is 0 Å². The molecule has 0 aliphatic heterocycles. The summed E-state index contributed by atoms with van der Waals surface area (Å²) in [5, 5.41) is 0. The molecule has 0 N–H and O–H groups in total. The van der Waals surface area contributed by atoms with E-state index in [1.165, 1.54) is 33.4 Å². The smallest absolute Gasteiger partial charge is 0.0435 e. The van der Waals surface area contributed by atoms with Crippen LogP contribution in [0.15, 0.2) is 72.8 Å². The van der Waals surface area contributed by atoms with Gasteiger partial charge in [-0.25, -0.2) is 0 Å². The average Bonchev–Trinajstić information content (AvgIpc) is 2.88. The standard InChI is InChI=1S/C21H18.C2H6/c1-15-11-13-16(14-12-15)21(2)19-9-5-3-7-17(19)18-8-4-6-10-20(18)21;1-2/h3-14H,1-2H3;1-2H3. The molecule has 0 spiro atoms. The highest BCUT2D eigenvalue weighted by atomic mass is 14.4. The molecule has 4 rings (SSSR count). The lowest BCUT2D eigenvalue weighted by molar-refractivity contribution is 0.713. The van der Waals surface area contributed by atoms with E-state index in [9.17, 15) is 0 Å². The molecule has 0 saturated heterocycles. The van der Waals surface area contributed by atoms with Crippen molar-refractivity contribution in [2.45, 2.75) is 33.1 Å². The fourth-order valence-electron chi connectivity index (χ4n) is 3.65. The average molecular weight is 300 g/mol. The van der Waals surface area contributed by atoms with Gasteiger partial charge >= 0.3 is 0 Å². The Kier molecular flexibility index (Phi) is 4.09. The summed E-state index contributed by atoms with van der Waals surface area (Å²) in [6, 6.07) is 26.6. The van der Waals surface area contributed by atoms with Crippen molar-refractivity contribution in [1.82, 2.24) is 0 Å². The summed E-state index contributed by atoms with van der Waals surface area (Å²) in [4.78, 5) is 0. The highest BCUT2D eigenvalue weighted by Crippen LogP contribution is 2.51. The number of rotatable bonds is 1. The Morgan fingerprint density at radius 2 is 1.04 bits per heavy atom. The van der Waals surface area contributed by atoms with Gasteiger partial charge in [0.2, 0.25) is 0 Å². The van der Waals surface area contributed by atoms with Gasteiger partial charge in [0.25, 0.3) is 0 Å². The van der Waals surface area contributed by atoms with Crippen LogP contribution in [0.1, 0.15) is 43.0 Å². The van der Waals surface area contributed by atoms with Crippen LogP contribution in [0.25, 0.3) is 11.1 Å². The Bertz CT molecular complexity index is 764. The molecule has 0 bridgehead atoms. The first kappa shape index (κ1) is 15.6. The molecule has 0 unspecified atom stereocenters. The number of hydrogen-bond donors (Lipinski definition) is 0. The van der Waals surface area contributed by atoms with E-state index in [4.69, 9.17) is 0 Å². The van der Waals surface area contributed by atoms with Crippen molar-refractivity contribution in [3.05, 3.63) is 95.1 Å². The number of hydrogen-bond acceptors (Lipinski definition) is 0. The first-order valence-corrected chi connectivity index (χ1v) is 8.48. The van der Waals surface area contributed by atoms with Gasteiger partial charge in [-0.05, 0) is 41.7 Å². The third kappa shape index (κ3) is 2.30. The molecule has 0 radical (unpaired) electrons. The predicted octanol–water partition coefficient (Wildman–Crippen LogP) is 6.36. The molecule has 3 aromatic carbocycles. The van der Waals surface area contributed by atoms with E-state index in [1.54, 1.807) is 0 Å². The van der Waals surface area contributed by atoms with Crippen LogP contribution in [0.2, 0.25) is 0 Å². The van der Waals surface area contributed by atoms with Crippen LogP contribution in [0.3, 0.4) is 0 Å². The maximum absolute atomic E-state index is 2.35. The molecule has 0 heterocycles. The van der Waals surface area contributed by atoms with Crippen molar-refractivity contribution >= 4 is 0 Å². The molecule has 3 aromatic rings.